The van der Waals surface area contributed by atoms with Crippen LogP contribution in [-0.2, 0) is 24.2 Å². The molecule has 2 unspecified atom stereocenters. The van der Waals surface area contributed by atoms with Crippen molar-refractivity contribution in [1.82, 2.24) is 10.6 Å². The van der Waals surface area contributed by atoms with E-state index in [1.165, 1.54) is 22.3 Å². The van der Waals surface area contributed by atoms with E-state index in [0.717, 1.165) is 25.9 Å². The number of ether oxygens (including phenoxy) is 1. The fourth-order valence-electron chi connectivity index (χ4n) is 4.64. The Labute approximate surface area is 252 Å². The van der Waals surface area contributed by atoms with Crippen molar-refractivity contribution in [2.45, 2.75) is 70.7 Å². The Kier molecular flexibility index (Phi) is 13.8. The smallest absolute Gasteiger partial charge is 0.407 e. The summed E-state index contributed by atoms with van der Waals surface area (Å²) < 4.78 is 5.30. The van der Waals surface area contributed by atoms with Gasteiger partial charge in [-0.25, -0.2) is 4.79 Å². The fourth-order valence-corrected chi connectivity index (χ4v) is 4.64. The van der Waals surface area contributed by atoms with E-state index in [2.05, 4.69) is 108 Å². The van der Waals surface area contributed by atoms with Crippen molar-refractivity contribution in [3.8, 4) is 0 Å². The van der Waals surface area contributed by atoms with Crippen LogP contribution >= 0.6 is 0 Å². The number of alkyl carbamates (subject to hydrolysis) is 1. The minimum atomic E-state index is -0.552. The van der Waals surface area contributed by atoms with Gasteiger partial charge in [0.15, 0.2) is 0 Å². The lowest BCUT2D eigenvalue weighted by molar-refractivity contribution is 0.0477. The van der Waals surface area contributed by atoms with Gasteiger partial charge in [-0.2, -0.15) is 0 Å². The minimum Gasteiger partial charge on any atom is -0.444 e. The molecule has 4 aromatic carbocycles. The summed E-state index contributed by atoms with van der Waals surface area (Å²) in [5, 5.41) is 15.9. The van der Waals surface area contributed by atoms with Crippen LogP contribution in [-0.4, -0.2) is 29.4 Å². The minimum absolute atomic E-state index is 0.105. The highest BCUT2D eigenvalue weighted by atomic mass is 16.6. The first-order valence-corrected chi connectivity index (χ1v) is 14.8. The van der Waals surface area contributed by atoms with E-state index in [9.17, 15) is 9.90 Å². The summed E-state index contributed by atoms with van der Waals surface area (Å²) in [5.74, 6) is 0.322. The van der Waals surface area contributed by atoms with Crippen LogP contribution in [0.3, 0.4) is 0 Å². The van der Waals surface area contributed by atoms with Crippen LogP contribution in [0.15, 0.2) is 121 Å². The van der Waals surface area contributed by atoms with Crippen LogP contribution < -0.4 is 10.6 Å². The van der Waals surface area contributed by atoms with Gasteiger partial charge in [0.1, 0.15) is 5.60 Å². The summed E-state index contributed by atoms with van der Waals surface area (Å²) in [4.78, 5) is 12.0. The molecule has 0 heterocycles. The molecule has 1 amide bonds. The lowest BCUT2D eigenvalue weighted by Crippen LogP contribution is -2.41. The van der Waals surface area contributed by atoms with Crippen LogP contribution in [0.5, 0.6) is 0 Å². The second-order valence-corrected chi connectivity index (χ2v) is 11.5. The summed E-state index contributed by atoms with van der Waals surface area (Å²) in [7, 11) is 0. The number of hydrogen-bond acceptors (Lipinski definition) is 4. The number of carbonyl (C=O) groups is 1. The van der Waals surface area contributed by atoms with Gasteiger partial charge in [0.25, 0.3) is 0 Å². The molecule has 4 aromatic rings. The van der Waals surface area contributed by atoms with Crippen molar-refractivity contribution in [1.29, 1.82) is 0 Å². The first kappa shape index (κ1) is 32.6. The lowest BCUT2D eigenvalue weighted by Gasteiger charge is -2.24. The summed E-state index contributed by atoms with van der Waals surface area (Å²) in [5.41, 5.74) is 4.66. The zero-order chi connectivity index (χ0) is 30.0. The molecule has 0 saturated carbocycles. The molecular formula is C37H46N2O3. The molecule has 42 heavy (non-hydrogen) atoms. The maximum absolute atomic E-state index is 12.0. The molecule has 0 bridgehead atoms. The second-order valence-electron chi connectivity index (χ2n) is 11.5. The average Bonchev–Trinajstić information content (AvgIpc) is 3.00. The molecule has 222 valence electrons. The summed E-state index contributed by atoms with van der Waals surface area (Å²) in [6, 6.07) is 41.4. The highest BCUT2D eigenvalue weighted by Crippen LogP contribution is 2.26. The molecule has 0 fully saturated rings. The molecule has 0 aliphatic heterocycles. The third-order valence-corrected chi connectivity index (χ3v) is 6.74. The van der Waals surface area contributed by atoms with E-state index in [0.29, 0.717) is 12.3 Å². The zero-order valence-electron chi connectivity index (χ0n) is 25.2. The third-order valence-electron chi connectivity index (χ3n) is 6.74. The van der Waals surface area contributed by atoms with E-state index in [-0.39, 0.29) is 12.6 Å². The number of carbonyl (C=O) groups excluding carboxylic acids is 1. The van der Waals surface area contributed by atoms with Gasteiger partial charge in [0.2, 0.25) is 0 Å². The fraction of sp³-hybridized carbons (Fsp3) is 0.324. The first-order valence-electron chi connectivity index (χ1n) is 14.8. The topological polar surface area (TPSA) is 70.6 Å². The standard InChI is InChI=1S/C23H31NO3.C14H15N/c1-23(2,3)27-22(26)24-21(17-25)15-14-20(19-12-8-5-9-13-19)16-18-10-6-4-7-11-18;1-3-7-13(8-4-1)11-15-12-14-9-5-2-6-10-14/h4-13,20-21,25H,14-17H2,1-3H3,(H,24,26);1-10,15H,11-12H2. The van der Waals surface area contributed by atoms with Crippen molar-refractivity contribution in [3.05, 3.63) is 144 Å². The number of aliphatic hydroxyl groups is 1. The van der Waals surface area contributed by atoms with Gasteiger partial charge in [-0.05, 0) is 68.2 Å². The highest BCUT2D eigenvalue weighted by Gasteiger charge is 2.21. The predicted octanol–water partition coefficient (Wildman–Crippen LogP) is 7.66. The molecule has 0 aromatic heterocycles. The van der Waals surface area contributed by atoms with Crippen LogP contribution in [0.2, 0.25) is 0 Å². The van der Waals surface area contributed by atoms with Gasteiger partial charge in [-0.3, -0.25) is 0 Å². The number of aliphatic hydroxyl groups excluding tert-OH is 1. The second kappa shape index (κ2) is 17.8. The Hall–Kier alpha value is -3.93. The summed E-state index contributed by atoms with van der Waals surface area (Å²) >= 11 is 0. The van der Waals surface area contributed by atoms with Gasteiger partial charge in [0, 0.05) is 13.1 Å². The number of amides is 1. The maximum atomic E-state index is 12.0. The SMILES string of the molecule is CC(C)(C)OC(=O)NC(CO)CCC(Cc1ccccc1)c1ccccc1.c1ccc(CNCc2ccccc2)cc1. The van der Waals surface area contributed by atoms with Crippen LogP contribution in [0, 0.1) is 0 Å². The average molecular weight is 567 g/mol. The van der Waals surface area contributed by atoms with Gasteiger partial charge in [-0.15, -0.1) is 0 Å². The van der Waals surface area contributed by atoms with E-state index in [1.807, 2.05) is 45.0 Å². The Morgan fingerprint density at radius 2 is 1.14 bits per heavy atom. The summed E-state index contributed by atoms with van der Waals surface area (Å²) in [6.07, 6.45) is 1.98. The quantitative estimate of drug-likeness (QED) is 0.165. The largest absolute Gasteiger partial charge is 0.444 e. The van der Waals surface area contributed by atoms with Crippen LogP contribution in [0.4, 0.5) is 4.79 Å². The molecule has 0 radical (unpaired) electrons. The highest BCUT2D eigenvalue weighted by molar-refractivity contribution is 5.68. The van der Waals surface area contributed by atoms with Crippen molar-refractivity contribution in [2.24, 2.45) is 0 Å². The third kappa shape index (κ3) is 13.2. The molecule has 3 N–H and O–H groups in total. The maximum Gasteiger partial charge on any atom is 0.407 e. The normalized spacial score (nSPS) is 12.4. The Morgan fingerprint density at radius 1 is 0.690 bits per heavy atom. The molecule has 5 nitrogen and oxygen atoms in total. The van der Waals surface area contributed by atoms with Crippen molar-refractivity contribution in [2.75, 3.05) is 6.61 Å². The van der Waals surface area contributed by atoms with Crippen molar-refractivity contribution < 1.29 is 14.6 Å². The lowest BCUT2D eigenvalue weighted by atomic mass is 9.87. The molecule has 0 aliphatic rings. The number of rotatable bonds is 12. The number of benzene rings is 4. The Balaban J connectivity index is 0.000000271. The van der Waals surface area contributed by atoms with E-state index >= 15 is 0 Å². The van der Waals surface area contributed by atoms with Gasteiger partial charge in [-0.1, -0.05) is 121 Å². The molecule has 0 saturated heterocycles. The van der Waals surface area contributed by atoms with E-state index in [4.69, 9.17) is 4.74 Å². The Morgan fingerprint density at radius 3 is 1.60 bits per heavy atom. The van der Waals surface area contributed by atoms with Crippen LogP contribution in [0.25, 0.3) is 0 Å². The molecule has 0 aliphatic carbocycles. The van der Waals surface area contributed by atoms with Gasteiger partial charge >= 0.3 is 6.09 Å². The number of nitrogens with one attached hydrogen (secondary N) is 2. The zero-order valence-corrected chi connectivity index (χ0v) is 25.2. The molecule has 5 heteroatoms. The van der Waals surface area contributed by atoms with E-state index in [1.54, 1.807) is 0 Å². The first-order chi connectivity index (χ1) is 20.3. The molecule has 0 spiro atoms. The van der Waals surface area contributed by atoms with Crippen molar-refractivity contribution >= 4 is 6.09 Å². The molecule has 2 atom stereocenters. The summed E-state index contributed by atoms with van der Waals surface area (Å²) in [6.45, 7) is 7.22. The number of hydrogen-bond donors (Lipinski definition) is 3. The predicted molar refractivity (Wildman–Crippen MR) is 172 cm³/mol. The van der Waals surface area contributed by atoms with E-state index < -0.39 is 11.7 Å². The molecule has 4 rings (SSSR count). The van der Waals surface area contributed by atoms with Crippen molar-refractivity contribution in [3.63, 3.8) is 0 Å². The van der Waals surface area contributed by atoms with Gasteiger partial charge < -0.3 is 20.5 Å². The molecular weight excluding hydrogens is 520 g/mol. The van der Waals surface area contributed by atoms with Gasteiger partial charge in [0.05, 0.1) is 12.6 Å². The monoisotopic (exact) mass is 566 g/mol. The van der Waals surface area contributed by atoms with Crippen LogP contribution in [0.1, 0.15) is 61.8 Å². The Bertz CT molecular complexity index is 1220.